The molecule has 5 nitrogen and oxygen atoms in total. The second-order valence-electron chi connectivity index (χ2n) is 3.70. The summed E-state index contributed by atoms with van der Waals surface area (Å²) in [4.78, 5) is 10.1. The van der Waals surface area contributed by atoms with Gasteiger partial charge < -0.3 is 4.74 Å². The summed E-state index contributed by atoms with van der Waals surface area (Å²) in [5.41, 5.74) is -0.373. The Morgan fingerprint density at radius 1 is 1.25 bits per heavy atom. The predicted molar refractivity (Wildman–Crippen MR) is 74.3 cm³/mol. The quantitative estimate of drug-likeness (QED) is 0.615. The summed E-state index contributed by atoms with van der Waals surface area (Å²) in [6, 6.07) is 10.5. The molecule has 0 spiro atoms. The van der Waals surface area contributed by atoms with E-state index in [4.69, 9.17) is 33.2 Å². The Morgan fingerprint density at radius 3 is 2.65 bits per heavy atom. The van der Waals surface area contributed by atoms with Gasteiger partial charge in [-0.1, -0.05) is 29.3 Å². The molecule has 0 aliphatic carbocycles. The van der Waals surface area contributed by atoms with Crippen LogP contribution in [0.4, 0.5) is 5.69 Å². The van der Waals surface area contributed by atoms with Gasteiger partial charge in [-0.2, -0.15) is 5.26 Å². The van der Waals surface area contributed by atoms with E-state index in [2.05, 4.69) is 0 Å². The van der Waals surface area contributed by atoms with E-state index < -0.39 is 4.92 Å². The zero-order valence-corrected chi connectivity index (χ0v) is 11.4. The molecule has 0 bridgehead atoms. The van der Waals surface area contributed by atoms with Gasteiger partial charge in [-0.25, -0.2) is 0 Å². The minimum absolute atomic E-state index is 0.0920. The van der Waals surface area contributed by atoms with E-state index in [0.29, 0.717) is 10.8 Å². The van der Waals surface area contributed by atoms with Gasteiger partial charge >= 0.3 is 0 Å². The first-order chi connectivity index (χ1) is 9.52. The molecule has 2 aromatic rings. The standard InChI is InChI=1S/C13H6Cl2N2O3/c14-10-2-1-3-12(13(10)15)20-9-4-5-11(17(18)19)8(6-9)7-16/h1-6H. The van der Waals surface area contributed by atoms with Crippen LogP contribution in [-0.2, 0) is 0 Å². The summed E-state index contributed by atoms with van der Waals surface area (Å²) in [5.74, 6) is 0.563. The van der Waals surface area contributed by atoms with Gasteiger partial charge in [-0.05, 0) is 18.2 Å². The monoisotopic (exact) mass is 308 g/mol. The number of nitro benzene ring substituents is 1. The van der Waals surface area contributed by atoms with Gasteiger partial charge in [0.2, 0.25) is 0 Å². The molecule has 0 fully saturated rings. The third kappa shape index (κ3) is 2.82. The van der Waals surface area contributed by atoms with Crippen molar-refractivity contribution in [1.82, 2.24) is 0 Å². The van der Waals surface area contributed by atoms with Crippen molar-refractivity contribution < 1.29 is 9.66 Å². The van der Waals surface area contributed by atoms with Gasteiger partial charge in [-0.15, -0.1) is 0 Å². The molecule has 0 unspecified atom stereocenters. The van der Waals surface area contributed by atoms with E-state index in [-0.39, 0.29) is 22.0 Å². The van der Waals surface area contributed by atoms with Crippen LogP contribution in [0.15, 0.2) is 36.4 Å². The number of benzene rings is 2. The fourth-order valence-electron chi connectivity index (χ4n) is 1.52. The number of ether oxygens (including phenoxy) is 1. The topological polar surface area (TPSA) is 76.2 Å². The Balaban J connectivity index is 2.38. The minimum atomic E-state index is -0.630. The van der Waals surface area contributed by atoms with E-state index >= 15 is 0 Å². The molecule has 0 aliphatic heterocycles. The Hall–Kier alpha value is -2.29. The molecule has 0 radical (unpaired) electrons. The van der Waals surface area contributed by atoms with Crippen molar-refractivity contribution >= 4 is 28.9 Å². The average molecular weight is 309 g/mol. The summed E-state index contributed by atoms with van der Waals surface area (Å²) >= 11 is 11.8. The molecule has 0 saturated carbocycles. The van der Waals surface area contributed by atoms with Crippen LogP contribution in [0.1, 0.15) is 5.56 Å². The molecule has 100 valence electrons. The summed E-state index contributed by atoms with van der Waals surface area (Å²) in [5, 5.41) is 20.2. The fraction of sp³-hybridized carbons (Fsp3) is 0. The first-order valence-corrected chi connectivity index (χ1v) is 6.09. The van der Waals surface area contributed by atoms with E-state index in [0.717, 1.165) is 0 Å². The highest BCUT2D eigenvalue weighted by Gasteiger charge is 2.15. The number of rotatable bonds is 3. The molecule has 2 aromatic carbocycles. The third-order valence-corrected chi connectivity index (χ3v) is 3.23. The van der Waals surface area contributed by atoms with Gasteiger partial charge in [-0.3, -0.25) is 10.1 Å². The Bertz CT molecular complexity index is 726. The van der Waals surface area contributed by atoms with E-state index in [1.165, 1.54) is 18.2 Å². The molecule has 0 aromatic heterocycles. The molecule has 20 heavy (non-hydrogen) atoms. The molecule has 0 N–H and O–H groups in total. The molecule has 0 heterocycles. The van der Waals surface area contributed by atoms with Crippen molar-refractivity contribution in [3.63, 3.8) is 0 Å². The summed E-state index contributed by atoms with van der Waals surface area (Å²) in [6.45, 7) is 0. The SMILES string of the molecule is N#Cc1cc(Oc2cccc(Cl)c2Cl)ccc1[N+](=O)[O-]. The van der Waals surface area contributed by atoms with Gasteiger partial charge in [0.1, 0.15) is 28.2 Å². The van der Waals surface area contributed by atoms with Crippen molar-refractivity contribution in [2.24, 2.45) is 0 Å². The smallest absolute Gasteiger partial charge is 0.287 e. The number of nitrogens with zero attached hydrogens (tertiary/aromatic N) is 2. The first kappa shape index (κ1) is 14.1. The molecule has 0 atom stereocenters. The molecular weight excluding hydrogens is 303 g/mol. The van der Waals surface area contributed by atoms with Crippen molar-refractivity contribution in [1.29, 1.82) is 5.26 Å². The summed E-state index contributed by atoms with van der Waals surface area (Å²) in [6.07, 6.45) is 0. The molecule has 7 heteroatoms. The van der Waals surface area contributed by atoms with Gasteiger partial charge in [0.15, 0.2) is 0 Å². The highest BCUT2D eigenvalue weighted by atomic mass is 35.5. The second-order valence-corrected chi connectivity index (χ2v) is 4.49. The third-order valence-electron chi connectivity index (χ3n) is 2.43. The van der Waals surface area contributed by atoms with Crippen molar-refractivity contribution in [2.45, 2.75) is 0 Å². The molecule has 0 saturated heterocycles. The van der Waals surface area contributed by atoms with Crippen LogP contribution >= 0.6 is 23.2 Å². The van der Waals surface area contributed by atoms with Crippen LogP contribution in [0.3, 0.4) is 0 Å². The summed E-state index contributed by atoms with van der Waals surface area (Å²) in [7, 11) is 0. The van der Waals surface area contributed by atoms with Crippen LogP contribution < -0.4 is 4.74 Å². The van der Waals surface area contributed by atoms with Gasteiger partial charge in [0, 0.05) is 12.1 Å². The molecular formula is C13H6Cl2N2O3. The van der Waals surface area contributed by atoms with Crippen LogP contribution in [0.5, 0.6) is 11.5 Å². The van der Waals surface area contributed by atoms with Crippen molar-refractivity contribution in [2.75, 3.05) is 0 Å². The molecule has 0 amide bonds. The maximum atomic E-state index is 10.7. The van der Waals surface area contributed by atoms with E-state index in [9.17, 15) is 10.1 Å². The average Bonchev–Trinajstić information content (AvgIpc) is 2.43. The van der Waals surface area contributed by atoms with Crippen molar-refractivity contribution in [3.05, 3.63) is 62.1 Å². The largest absolute Gasteiger partial charge is 0.456 e. The Morgan fingerprint density at radius 2 is 2.00 bits per heavy atom. The number of nitro groups is 1. The van der Waals surface area contributed by atoms with Crippen LogP contribution in [0.25, 0.3) is 0 Å². The lowest BCUT2D eigenvalue weighted by molar-refractivity contribution is -0.385. The molecule has 0 aliphatic rings. The lowest BCUT2D eigenvalue weighted by Gasteiger charge is -2.08. The maximum absolute atomic E-state index is 10.7. The number of nitriles is 1. The number of hydrogen-bond acceptors (Lipinski definition) is 4. The highest BCUT2D eigenvalue weighted by molar-refractivity contribution is 6.42. The van der Waals surface area contributed by atoms with Crippen LogP contribution in [-0.4, -0.2) is 4.92 Å². The summed E-state index contributed by atoms with van der Waals surface area (Å²) < 4.78 is 5.48. The minimum Gasteiger partial charge on any atom is -0.456 e. The fourth-order valence-corrected chi connectivity index (χ4v) is 1.85. The Kier molecular flexibility index (Phi) is 4.08. The maximum Gasteiger partial charge on any atom is 0.287 e. The lowest BCUT2D eigenvalue weighted by Crippen LogP contribution is -1.93. The lowest BCUT2D eigenvalue weighted by atomic mass is 10.2. The van der Waals surface area contributed by atoms with Crippen LogP contribution in [0.2, 0.25) is 10.0 Å². The number of hydrogen-bond donors (Lipinski definition) is 0. The predicted octanol–water partition coefficient (Wildman–Crippen LogP) is 4.57. The van der Waals surface area contributed by atoms with Gasteiger partial charge in [0.25, 0.3) is 5.69 Å². The zero-order chi connectivity index (χ0) is 14.7. The zero-order valence-electron chi connectivity index (χ0n) is 9.84. The number of halogens is 2. The van der Waals surface area contributed by atoms with Gasteiger partial charge in [0.05, 0.1) is 9.95 Å². The van der Waals surface area contributed by atoms with E-state index in [1.54, 1.807) is 24.3 Å². The van der Waals surface area contributed by atoms with E-state index in [1.807, 2.05) is 0 Å². The highest BCUT2D eigenvalue weighted by Crippen LogP contribution is 2.35. The van der Waals surface area contributed by atoms with Crippen molar-refractivity contribution in [3.8, 4) is 17.6 Å². The van der Waals surface area contributed by atoms with Crippen LogP contribution in [0, 0.1) is 21.4 Å². The first-order valence-electron chi connectivity index (χ1n) is 5.33. The Labute approximate surface area is 124 Å². The second kappa shape index (κ2) is 5.78. The normalized spacial score (nSPS) is 9.85. The molecule has 2 rings (SSSR count).